The van der Waals surface area contributed by atoms with Gasteiger partial charge in [0.15, 0.2) is 17.6 Å². The van der Waals surface area contributed by atoms with E-state index in [9.17, 15) is 9.18 Å². The highest BCUT2D eigenvalue weighted by molar-refractivity contribution is 6.01. The molecule has 1 atom stereocenters. The molecule has 28 heavy (non-hydrogen) atoms. The number of ether oxygens (including phenoxy) is 2. The van der Waals surface area contributed by atoms with Gasteiger partial charge in [0.2, 0.25) is 12.7 Å². The van der Waals surface area contributed by atoms with Crippen molar-refractivity contribution in [2.75, 3.05) is 13.3 Å². The maximum absolute atomic E-state index is 13.1. The maximum Gasteiger partial charge on any atom is 0.231 e. The molecule has 0 spiro atoms. The highest BCUT2D eigenvalue weighted by Crippen LogP contribution is 2.33. The van der Waals surface area contributed by atoms with Gasteiger partial charge in [-0.1, -0.05) is 24.2 Å². The van der Waals surface area contributed by atoms with E-state index in [1.807, 2.05) is 25.1 Å². The Kier molecular flexibility index (Phi) is 5.14. The lowest BCUT2D eigenvalue weighted by atomic mass is 10.0. The number of hydrogen-bond donors (Lipinski definition) is 0. The molecule has 1 amide bonds. The number of amides is 1. The van der Waals surface area contributed by atoms with E-state index in [2.05, 4.69) is 5.16 Å². The number of fused-ring (bicyclic) bond motifs is 1. The molecule has 7 heteroatoms. The van der Waals surface area contributed by atoms with Gasteiger partial charge < -0.3 is 19.2 Å². The first kappa shape index (κ1) is 18.3. The van der Waals surface area contributed by atoms with Crippen molar-refractivity contribution in [3.8, 4) is 11.5 Å². The second kappa shape index (κ2) is 7.88. The van der Waals surface area contributed by atoms with E-state index >= 15 is 0 Å². The predicted molar refractivity (Wildman–Crippen MR) is 101 cm³/mol. The zero-order valence-corrected chi connectivity index (χ0v) is 15.6. The zero-order valence-electron chi connectivity index (χ0n) is 15.6. The van der Waals surface area contributed by atoms with Gasteiger partial charge in [-0.05, 0) is 35.9 Å². The van der Waals surface area contributed by atoms with Gasteiger partial charge in [-0.2, -0.15) is 0 Å². The molecule has 2 heterocycles. The third kappa shape index (κ3) is 3.93. The molecule has 0 bridgehead atoms. The Labute approximate surface area is 162 Å². The van der Waals surface area contributed by atoms with Crippen molar-refractivity contribution in [3.05, 3.63) is 59.4 Å². The fourth-order valence-electron chi connectivity index (χ4n) is 3.31. The summed E-state index contributed by atoms with van der Waals surface area (Å²) in [5, 5.41) is 4.20. The topological polar surface area (TPSA) is 60.4 Å². The van der Waals surface area contributed by atoms with E-state index in [1.54, 1.807) is 17.0 Å². The Bertz CT molecular complexity index is 898. The Balaban J connectivity index is 1.41. The molecular weight excluding hydrogens is 363 g/mol. The Morgan fingerprint density at radius 1 is 1.18 bits per heavy atom. The van der Waals surface area contributed by atoms with Crippen LogP contribution < -0.4 is 9.47 Å². The molecule has 6 nitrogen and oxygen atoms in total. The summed E-state index contributed by atoms with van der Waals surface area (Å²) >= 11 is 0. The van der Waals surface area contributed by atoms with Crippen molar-refractivity contribution in [3.63, 3.8) is 0 Å². The lowest BCUT2D eigenvalue weighted by Gasteiger charge is -2.24. The number of carbonyl (C=O) groups is 1. The van der Waals surface area contributed by atoms with Crippen LogP contribution in [0.4, 0.5) is 4.39 Å². The molecule has 0 N–H and O–H groups in total. The summed E-state index contributed by atoms with van der Waals surface area (Å²) in [6, 6.07) is 11.8. The molecule has 0 aliphatic carbocycles. The molecule has 0 radical (unpaired) electrons. The van der Waals surface area contributed by atoms with E-state index in [-0.39, 0.29) is 24.6 Å². The van der Waals surface area contributed by atoms with Gasteiger partial charge in [-0.25, -0.2) is 4.39 Å². The molecule has 0 saturated heterocycles. The number of benzene rings is 2. The summed E-state index contributed by atoms with van der Waals surface area (Å²) in [5.74, 6) is 1.14. The van der Waals surface area contributed by atoms with Crippen LogP contribution in [0.5, 0.6) is 11.5 Å². The first-order chi connectivity index (χ1) is 13.6. The first-order valence-corrected chi connectivity index (χ1v) is 9.27. The van der Waals surface area contributed by atoms with Gasteiger partial charge in [-0.15, -0.1) is 0 Å². The van der Waals surface area contributed by atoms with Gasteiger partial charge in [-0.3, -0.25) is 4.79 Å². The molecule has 4 rings (SSSR count). The number of rotatable bonds is 6. The normalized spacial score (nSPS) is 17.2. The molecule has 2 aliphatic rings. The highest BCUT2D eigenvalue weighted by Gasteiger charge is 2.27. The molecule has 0 aromatic heterocycles. The van der Waals surface area contributed by atoms with Gasteiger partial charge in [0, 0.05) is 24.9 Å². The van der Waals surface area contributed by atoms with Crippen molar-refractivity contribution in [2.24, 2.45) is 5.16 Å². The summed E-state index contributed by atoms with van der Waals surface area (Å²) < 4.78 is 23.9. The average molecular weight is 384 g/mol. The Morgan fingerprint density at radius 2 is 1.96 bits per heavy atom. The van der Waals surface area contributed by atoms with Crippen molar-refractivity contribution in [2.45, 2.75) is 32.4 Å². The van der Waals surface area contributed by atoms with Crippen LogP contribution in [0.3, 0.4) is 0 Å². The van der Waals surface area contributed by atoms with Crippen molar-refractivity contribution in [1.82, 2.24) is 4.90 Å². The fourth-order valence-corrected chi connectivity index (χ4v) is 3.31. The number of oxime groups is 1. The average Bonchev–Trinajstić information content (AvgIpc) is 3.37. The molecule has 0 saturated carbocycles. The molecule has 2 aliphatic heterocycles. The van der Waals surface area contributed by atoms with E-state index in [0.29, 0.717) is 31.7 Å². The first-order valence-electron chi connectivity index (χ1n) is 9.27. The third-order valence-electron chi connectivity index (χ3n) is 4.80. The highest BCUT2D eigenvalue weighted by atomic mass is 19.1. The Morgan fingerprint density at radius 3 is 2.75 bits per heavy atom. The number of carbonyl (C=O) groups excluding carboxylic acids is 1. The second-order valence-corrected chi connectivity index (χ2v) is 6.79. The lowest BCUT2D eigenvalue weighted by Crippen LogP contribution is -2.36. The minimum Gasteiger partial charge on any atom is -0.454 e. The van der Waals surface area contributed by atoms with E-state index in [0.717, 1.165) is 22.6 Å². The third-order valence-corrected chi connectivity index (χ3v) is 4.80. The van der Waals surface area contributed by atoms with E-state index in [4.69, 9.17) is 14.3 Å². The van der Waals surface area contributed by atoms with Crippen LogP contribution in [-0.4, -0.2) is 36.0 Å². The van der Waals surface area contributed by atoms with Crippen LogP contribution in [0.1, 0.15) is 30.9 Å². The zero-order chi connectivity index (χ0) is 19.5. The number of halogens is 1. The fraction of sp³-hybridized carbons (Fsp3) is 0.333. The molecule has 2 aromatic carbocycles. The van der Waals surface area contributed by atoms with Gasteiger partial charge in [0.05, 0.1) is 12.3 Å². The number of hydrogen-bond acceptors (Lipinski definition) is 5. The van der Waals surface area contributed by atoms with Crippen LogP contribution in [0.25, 0.3) is 0 Å². The van der Waals surface area contributed by atoms with E-state index in [1.165, 1.54) is 12.1 Å². The Hall–Kier alpha value is -3.09. The smallest absolute Gasteiger partial charge is 0.231 e. The monoisotopic (exact) mass is 384 g/mol. The second-order valence-electron chi connectivity index (χ2n) is 6.79. The standard InChI is InChI=1S/C21H21FN2O4/c1-2-21(25)24(11-14-3-6-16(22)7-4-14)12-17-10-18(23-28-17)15-5-8-19-20(9-15)27-13-26-19/h3-9,17H,2,10-13H2,1H3. The molecule has 1 unspecified atom stereocenters. The summed E-state index contributed by atoms with van der Waals surface area (Å²) in [6.07, 6.45) is 0.761. The summed E-state index contributed by atoms with van der Waals surface area (Å²) in [5.41, 5.74) is 2.60. The SMILES string of the molecule is CCC(=O)N(Cc1ccc(F)cc1)CC1CC(c2ccc3c(c2)OCO3)=NO1. The van der Waals surface area contributed by atoms with Crippen molar-refractivity contribution in [1.29, 1.82) is 0 Å². The van der Waals surface area contributed by atoms with Crippen LogP contribution in [0.15, 0.2) is 47.6 Å². The number of nitrogens with zero attached hydrogens (tertiary/aromatic N) is 2. The van der Waals surface area contributed by atoms with Crippen LogP contribution in [0.2, 0.25) is 0 Å². The van der Waals surface area contributed by atoms with Gasteiger partial charge in [0.25, 0.3) is 0 Å². The minimum absolute atomic E-state index is 0.0180. The van der Waals surface area contributed by atoms with Crippen LogP contribution >= 0.6 is 0 Å². The lowest BCUT2D eigenvalue weighted by molar-refractivity contribution is -0.133. The predicted octanol–water partition coefficient (Wildman–Crippen LogP) is 3.49. The molecule has 2 aromatic rings. The molecule has 146 valence electrons. The van der Waals surface area contributed by atoms with Crippen LogP contribution in [0, 0.1) is 5.82 Å². The molecular formula is C21H21FN2O4. The largest absolute Gasteiger partial charge is 0.454 e. The molecule has 0 fully saturated rings. The summed E-state index contributed by atoms with van der Waals surface area (Å²) in [4.78, 5) is 19.7. The van der Waals surface area contributed by atoms with Crippen LogP contribution in [-0.2, 0) is 16.2 Å². The van der Waals surface area contributed by atoms with Crippen molar-refractivity contribution < 1.29 is 23.5 Å². The van der Waals surface area contributed by atoms with Gasteiger partial charge in [0.1, 0.15) is 5.82 Å². The van der Waals surface area contributed by atoms with Crippen molar-refractivity contribution >= 4 is 11.6 Å². The quantitative estimate of drug-likeness (QED) is 0.765. The van der Waals surface area contributed by atoms with Gasteiger partial charge >= 0.3 is 0 Å². The summed E-state index contributed by atoms with van der Waals surface area (Å²) in [7, 11) is 0. The summed E-state index contributed by atoms with van der Waals surface area (Å²) in [6.45, 7) is 2.87. The van der Waals surface area contributed by atoms with E-state index < -0.39 is 0 Å². The minimum atomic E-state index is -0.294. The maximum atomic E-state index is 13.1.